The third-order valence-corrected chi connectivity index (χ3v) is 4.32. The highest BCUT2D eigenvalue weighted by molar-refractivity contribution is 6.31. The van der Waals surface area contributed by atoms with Gasteiger partial charge in [0, 0.05) is 17.1 Å². The van der Waals surface area contributed by atoms with Gasteiger partial charge in [-0.1, -0.05) is 17.7 Å². The lowest BCUT2D eigenvalue weighted by Gasteiger charge is -2.28. The summed E-state index contributed by atoms with van der Waals surface area (Å²) in [5.74, 6) is 1.11. The Bertz CT molecular complexity index is 383. The first kappa shape index (κ1) is 14.6. The number of rotatable bonds is 5. The summed E-state index contributed by atoms with van der Waals surface area (Å²) < 4.78 is 0. The molecule has 2 rings (SSSR count). The Balaban J connectivity index is 1.69. The summed E-state index contributed by atoms with van der Waals surface area (Å²) in [6.45, 7) is 4.06. The van der Waals surface area contributed by atoms with Crippen molar-refractivity contribution in [1.29, 1.82) is 0 Å². The van der Waals surface area contributed by atoms with E-state index in [-0.39, 0.29) is 5.75 Å². The first-order valence-corrected chi connectivity index (χ1v) is 7.40. The van der Waals surface area contributed by atoms with Crippen molar-refractivity contribution in [3.8, 4) is 5.75 Å². The molecule has 0 radical (unpaired) electrons. The summed E-state index contributed by atoms with van der Waals surface area (Å²) in [5.41, 5.74) is 0.799. The van der Waals surface area contributed by atoms with Gasteiger partial charge in [0.15, 0.2) is 0 Å². The third kappa shape index (κ3) is 4.37. The second-order valence-corrected chi connectivity index (χ2v) is 5.86. The van der Waals surface area contributed by atoms with E-state index in [2.05, 4.69) is 17.3 Å². The quantitative estimate of drug-likeness (QED) is 0.815. The average molecular weight is 283 g/mol. The minimum absolute atomic E-state index is 0.277. The molecular formula is C15H23ClN2O. The van der Waals surface area contributed by atoms with Crippen molar-refractivity contribution >= 4 is 11.6 Å². The second kappa shape index (κ2) is 7.13. The Morgan fingerprint density at radius 1 is 1.37 bits per heavy atom. The number of likely N-dealkylation sites (tertiary alicyclic amines) is 1. The predicted octanol–water partition coefficient (Wildman–Crippen LogP) is 2.87. The smallest absolute Gasteiger partial charge is 0.121 e. The van der Waals surface area contributed by atoms with Crippen LogP contribution in [0.5, 0.6) is 5.75 Å². The van der Waals surface area contributed by atoms with E-state index in [1.54, 1.807) is 12.1 Å². The minimum Gasteiger partial charge on any atom is -0.508 e. The molecule has 0 bridgehead atoms. The van der Waals surface area contributed by atoms with Crippen LogP contribution in [0.15, 0.2) is 18.2 Å². The van der Waals surface area contributed by atoms with Gasteiger partial charge in [-0.25, -0.2) is 0 Å². The summed E-state index contributed by atoms with van der Waals surface area (Å²) in [5, 5.41) is 13.8. The van der Waals surface area contributed by atoms with E-state index in [0.717, 1.165) is 18.0 Å². The van der Waals surface area contributed by atoms with Gasteiger partial charge >= 0.3 is 0 Å². The monoisotopic (exact) mass is 282 g/mol. The van der Waals surface area contributed by atoms with Crippen LogP contribution in [0, 0.1) is 5.92 Å². The average Bonchev–Trinajstić information content (AvgIpc) is 2.39. The molecule has 0 atom stereocenters. The maximum atomic E-state index is 9.74. The van der Waals surface area contributed by atoms with Crippen LogP contribution in [-0.2, 0) is 6.54 Å². The molecule has 0 aromatic heterocycles. The molecule has 0 saturated carbocycles. The van der Waals surface area contributed by atoms with Gasteiger partial charge < -0.3 is 15.3 Å². The summed E-state index contributed by atoms with van der Waals surface area (Å²) in [6, 6.07) is 5.26. The van der Waals surface area contributed by atoms with Gasteiger partial charge in [0.25, 0.3) is 0 Å². The lowest BCUT2D eigenvalue weighted by molar-refractivity contribution is 0.211. The largest absolute Gasteiger partial charge is 0.508 e. The van der Waals surface area contributed by atoms with Crippen LogP contribution in [0.25, 0.3) is 0 Å². The van der Waals surface area contributed by atoms with E-state index in [1.165, 1.54) is 32.4 Å². The Hall–Kier alpha value is -0.770. The maximum absolute atomic E-state index is 9.74. The third-order valence-electron chi connectivity index (χ3n) is 3.96. The number of benzene rings is 1. The highest BCUT2D eigenvalue weighted by Gasteiger charge is 2.16. The summed E-state index contributed by atoms with van der Waals surface area (Å²) in [7, 11) is 2.19. The van der Waals surface area contributed by atoms with Crippen molar-refractivity contribution in [1.82, 2.24) is 10.2 Å². The van der Waals surface area contributed by atoms with Gasteiger partial charge in [-0.2, -0.15) is 0 Å². The normalized spacial score (nSPS) is 17.8. The molecule has 1 aromatic carbocycles. The van der Waals surface area contributed by atoms with Crippen molar-refractivity contribution in [2.45, 2.75) is 25.8 Å². The molecule has 3 nitrogen and oxygen atoms in total. The Labute approximate surface area is 120 Å². The molecule has 0 aliphatic carbocycles. The van der Waals surface area contributed by atoms with Crippen LogP contribution < -0.4 is 5.32 Å². The van der Waals surface area contributed by atoms with Crippen LogP contribution in [0.4, 0.5) is 0 Å². The van der Waals surface area contributed by atoms with Crippen molar-refractivity contribution < 1.29 is 5.11 Å². The molecule has 1 aliphatic heterocycles. The van der Waals surface area contributed by atoms with Crippen LogP contribution in [-0.4, -0.2) is 36.7 Å². The predicted molar refractivity (Wildman–Crippen MR) is 79.7 cm³/mol. The van der Waals surface area contributed by atoms with Gasteiger partial charge in [0.05, 0.1) is 0 Å². The number of piperidine rings is 1. The zero-order valence-corrected chi connectivity index (χ0v) is 12.3. The summed E-state index contributed by atoms with van der Waals surface area (Å²) in [6.07, 6.45) is 3.81. The van der Waals surface area contributed by atoms with Crippen molar-refractivity contribution in [3.63, 3.8) is 0 Å². The first-order chi connectivity index (χ1) is 9.16. The molecule has 1 fully saturated rings. The number of aromatic hydroxyl groups is 1. The standard InChI is InChI=1S/C15H23ClN2O/c1-18-9-6-12(7-10-18)5-8-17-11-13-14(16)3-2-4-15(13)19/h2-4,12,17,19H,5-11H2,1H3. The van der Waals surface area contributed by atoms with Gasteiger partial charge in [-0.15, -0.1) is 0 Å². The van der Waals surface area contributed by atoms with E-state index in [9.17, 15) is 5.11 Å². The Kier molecular flexibility index (Phi) is 5.49. The SMILES string of the molecule is CN1CCC(CCNCc2c(O)cccc2Cl)CC1. The lowest BCUT2D eigenvalue weighted by Crippen LogP contribution is -2.31. The van der Waals surface area contributed by atoms with Gasteiger partial charge in [0.2, 0.25) is 0 Å². The minimum atomic E-state index is 0.277. The van der Waals surface area contributed by atoms with Crippen molar-refractivity contribution in [2.24, 2.45) is 5.92 Å². The number of nitrogens with one attached hydrogen (secondary N) is 1. The van der Waals surface area contributed by atoms with E-state index >= 15 is 0 Å². The highest BCUT2D eigenvalue weighted by Crippen LogP contribution is 2.25. The Morgan fingerprint density at radius 3 is 2.79 bits per heavy atom. The molecule has 1 heterocycles. The second-order valence-electron chi connectivity index (χ2n) is 5.45. The van der Waals surface area contributed by atoms with Crippen molar-refractivity contribution in [3.05, 3.63) is 28.8 Å². The molecule has 0 unspecified atom stereocenters. The van der Waals surface area contributed by atoms with E-state index < -0.39 is 0 Å². The lowest BCUT2D eigenvalue weighted by atomic mass is 9.94. The summed E-state index contributed by atoms with van der Waals surface area (Å²) in [4.78, 5) is 2.39. The molecule has 2 N–H and O–H groups in total. The van der Waals surface area contributed by atoms with Crippen LogP contribution in [0.3, 0.4) is 0 Å². The number of halogens is 1. The molecule has 1 saturated heterocycles. The molecule has 0 amide bonds. The fraction of sp³-hybridized carbons (Fsp3) is 0.600. The fourth-order valence-electron chi connectivity index (χ4n) is 2.59. The summed E-state index contributed by atoms with van der Waals surface area (Å²) >= 11 is 6.07. The molecule has 1 aromatic rings. The zero-order chi connectivity index (χ0) is 13.7. The number of phenolic OH excluding ortho intramolecular Hbond substituents is 1. The molecule has 4 heteroatoms. The first-order valence-electron chi connectivity index (χ1n) is 7.02. The molecule has 0 spiro atoms. The van der Waals surface area contributed by atoms with Gasteiger partial charge in [-0.3, -0.25) is 0 Å². The molecular weight excluding hydrogens is 260 g/mol. The topological polar surface area (TPSA) is 35.5 Å². The van der Waals surface area contributed by atoms with Crippen molar-refractivity contribution in [2.75, 3.05) is 26.7 Å². The molecule has 106 valence electrons. The van der Waals surface area contributed by atoms with Crippen LogP contribution >= 0.6 is 11.6 Å². The Morgan fingerprint density at radius 2 is 2.11 bits per heavy atom. The number of hydrogen-bond acceptors (Lipinski definition) is 3. The number of phenols is 1. The van der Waals surface area contributed by atoms with Gasteiger partial charge in [-0.05, 0) is 64.0 Å². The van der Waals surface area contributed by atoms with Crippen LogP contribution in [0.2, 0.25) is 5.02 Å². The number of hydrogen-bond donors (Lipinski definition) is 2. The zero-order valence-electron chi connectivity index (χ0n) is 11.5. The molecule has 19 heavy (non-hydrogen) atoms. The van der Waals surface area contributed by atoms with E-state index in [0.29, 0.717) is 11.6 Å². The van der Waals surface area contributed by atoms with E-state index in [4.69, 9.17) is 11.6 Å². The van der Waals surface area contributed by atoms with Gasteiger partial charge in [0.1, 0.15) is 5.75 Å². The number of nitrogens with zero attached hydrogens (tertiary/aromatic N) is 1. The molecule has 1 aliphatic rings. The highest BCUT2D eigenvalue weighted by atomic mass is 35.5. The maximum Gasteiger partial charge on any atom is 0.121 e. The van der Waals surface area contributed by atoms with Crippen LogP contribution in [0.1, 0.15) is 24.8 Å². The van der Waals surface area contributed by atoms with E-state index in [1.807, 2.05) is 6.07 Å². The fourth-order valence-corrected chi connectivity index (χ4v) is 2.83.